The van der Waals surface area contributed by atoms with Crippen LogP contribution in [0.3, 0.4) is 0 Å². The Morgan fingerprint density at radius 2 is 1.79 bits per heavy atom. The first-order valence-electron chi connectivity index (χ1n) is 5.34. The highest BCUT2D eigenvalue weighted by molar-refractivity contribution is 6.33. The zero-order valence-corrected chi connectivity index (χ0v) is 10.3. The van der Waals surface area contributed by atoms with Gasteiger partial charge < -0.3 is 10.6 Å². The van der Waals surface area contributed by atoms with E-state index in [9.17, 15) is 13.6 Å². The molecule has 0 aliphatic carbocycles. The summed E-state index contributed by atoms with van der Waals surface area (Å²) < 4.78 is 26.3. The number of rotatable bonds is 2. The van der Waals surface area contributed by atoms with E-state index in [1.807, 2.05) is 0 Å². The average molecular weight is 283 g/mol. The Hall–Kier alpha value is -2.14. The fourth-order valence-electron chi connectivity index (χ4n) is 1.46. The summed E-state index contributed by atoms with van der Waals surface area (Å²) in [4.78, 5) is 11.6. The quantitative estimate of drug-likeness (QED) is 0.849. The molecule has 98 valence electrons. The molecule has 19 heavy (non-hydrogen) atoms. The number of benzene rings is 2. The Morgan fingerprint density at radius 3 is 2.47 bits per heavy atom. The highest BCUT2D eigenvalue weighted by atomic mass is 35.5. The van der Waals surface area contributed by atoms with Crippen LogP contribution in [0.1, 0.15) is 0 Å². The zero-order valence-electron chi connectivity index (χ0n) is 9.58. The van der Waals surface area contributed by atoms with Crippen LogP contribution in [0.25, 0.3) is 0 Å². The van der Waals surface area contributed by atoms with Crippen LogP contribution in [0.4, 0.5) is 25.0 Å². The number of carbonyl (C=O) groups is 1. The summed E-state index contributed by atoms with van der Waals surface area (Å²) in [6.07, 6.45) is 0. The van der Waals surface area contributed by atoms with E-state index in [4.69, 9.17) is 11.6 Å². The third-order valence-corrected chi connectivity index (χ3v) is 2.60. The maximum Gasteiger partial charge on any atom is 0.323 e. The molecule has 2 N–H and O–H groups in total. The van der Waals surface area contributed by atoms with Crippen LogP contribution >= 0.6 is 11.6 Å². The first-order valence-corrected chi connectivity index (χ1v) is 5.71. The van der Waals surface area contributed by atoms with Crippen LogP contribution in [-0.2, 0) is 0 Å². The number of carbonyl (C=O) groups excluding carboxylic acids is 1. The van der Waals surface area contributed by atoms with Crippen molar-refractivity contribution in [1.82, 2.24) is 0 Å². The van der Waals surface area contributed by atoms with Crippen molar-refractivity contribution in [3.63, 3.8) is 0 Å². The molecular weight excluding hydrogens is 274 g/mol. The number of amides is 2. The van der Waals surface area contributed by atoms with Gasteiger partial charge in [-0.15, -0.1) is 0 Å². The van der Waals surface area contributed by atoms with Gasteiger partial charge in [-0.25, -0.2) is 13.6 Å². The van der Waals surface area contributed by atoms with Gasteiger partial charge in [0, 0.05) is 5.69 Å². The molecule has 2 rings (SSSR count). The molecule has 0 aromatic heterocycles. The van der Waals surface area contributed by atoms with Crippen molar-refractivity contribution in [3.8, 4) is 0 Å². The molecule has 0 atom stereocenters. The second-order valence-electron chi connectivity index (χ2n) is 3.69. The smallest absolute Gasteiger partial charge is 0.308 e. The van der Waals surface area contributed by atoms with Crippen molar-refractivity contribution in [1.29, 1.82) is 0 Å². The van der Waals surface area contributed by atoms with Crippen LogP contribution in [-0.4, -0.2) is 6.03 Å². The van der Waals surface area contributed by atoms with E-state index in [2.05, 4.69) is 10.6 Å². The van der Waals surface area contributed by atoms with E-state index in [0.717, 1.165) is 6.07 Å². The molecule has 3 nitrogen and oxygen atoms in total. The van der Waals surface area contributed by atoms with Crippen molar-refractivity contribution >= 4 is 29.0 Å². The molecular formula is C13H9ClF2N2O. The van der Waals surface area contributed by atoms with Crippen molar-refractivity contribution in [3.05, 3.63) is 59.1 Å². The van der Waals surface area contributed by atoms with Crippen LogP contribution in [0, 0.1) is 11.6 Å². The van der Waals surface area contributed by atoms with Gasteiger partial charge in [0.25, 0.3) is 0 Å². The molecule has 2 amide bonds. The first kappa shape index (κ1) is 13.3. The largest absolute Gasteiger partial charge is 0.323 e. The van der Waals surface area contributed by atoms with Gasteiger partial charge in [0.05, 0.1) is 10.7 Å². The first-order chi connectivity index (χ1) is 9.06. The van der Waals surface area contributed by atoms with Gasteiger partial charge in [-0.05, 0) is 30.3 Å². The molecule has 0 spiro atoms. The summed E-state index contributed by atoms with van der Waals surface area (Å²) in [7, 11) is 0. The zero-order chi connectivity index (χ0) is 13.8. The van der Waals surface area contributed by atoms with Gasteiger partial charge in [0.1, 0.15) is 11.6 Å². The Balaban J connectivity index is 2.10. The van der Waals surface area contributed by atoms with E-state index in [0.29, 0.717) is 0 Å². The predicted octanol–water partition coefficient (Wildman–Crippen LogP) is 4.26. The minimum Gasteiger partial charge on any atom is -0.308 e. The lowest BCUT2D eigenvalue weighted by Gasteiger charge is -2.09. The van der Waals surface area contributed by atoms with Gasteiger partial charge in [0.2, 0.25) is 0 Å². The fraction of sp³-hybridized carbons (Fsp3) is 0. The van der Waals surface area contributed by atoms with Crippen molar-refractivity contribution in [2.45, 2.75) is 0 Å². The van der Waals surface area contributed by atoms with Gasteiger partial charge in [0.15, 0.2) is 0 Å². The third kappa shape index (κ3) is 3.42. The number of anilines is 2. The fourth-order valence-corrected chi connectivity index (χ4v) is 1.67. The summed E-state index contributed by atoms with van der Waals surface area (Å²) in [6, 6.07) is 8.67. The standard InChI is InChI=1S/C13H9ClF2N2O/c14-10-5-2-6-11(16)12(10)18-13(19)17-9-4-1-3-8(15)7-9/h1-7H,(H2,17,18,19). The summed E-state index contributed by atoms with van der Waals surface area (Å²) in [6.45, 7) is 0. The molecule has 0 saturated heterocycles. The molecule has 0 unspecified atom stereocenters. The van der Waals surface area contributed by atoms with E-state index >= 15 is 0 Å². The third-order valence-electron chi connectivity index (χ3n) is 2.28. The molecule has 0 aliphatic heterocycles. The van der Waals surface area contributed by atoms with Gasteiger partial charge in [-0.3, -0.25) is 0 Å². The maximum absolute atomic E-state index is 13.4. The molecule has 0 bridgehead atoms. The number of para-hydroxylation sites is 1. The summed E-state index contributed by atoms with van der Waals surface area (Å²) in [5, 5.41) is 4.72. The molecule has 0 aliphatic rings. The Labute approximate surface area is 113 Å². The average Bonchev–Trinajstić information content (AvgIpc) is 2.34. The van der Waals surface area contributed by atoms with Crippen LogP contribution in [0.5, 0.6) is 0 Å². The Kier molecular flexibility index (Phi) is 3.97. The second kappa shape index (κ2) is 5.67. The number of nitrogens with one attached hydrogen (secondary N) is 2. The highest BCUT2D eigenvalue weighted by Gasteiger charge is 2.10. The Bertz CT molecular complexity index is 599. The molecule has 0 radical (unpaired) electrons. The van der Waals surface area contributed by atoms with Gasteiger partial charge in [-0.2, -0.15) is 0 Å². The molecule has 6 heteroatoms. The Morgan fingerprint density at radius 1 is 1.05 bits per heavy atom. The highest BCUT2D eigenvalue weighted by Crippen LogP contribution is 2.24. The van der Waals surface area contributed by atoms with E-state index in [1.165, 1.54) is 36.4 Å². The number of urea groups is 1. The van der Waals surface area contributed by atoms with Crippen LogP contribution in [0.2, 0.25) is 5.02 Å². The SMILES string of the molecule is O=C(Nc1cccc(F)c1)Nc1c(F)cccc1Cl. The number of hydrogen-bond acceptors (Lipinski definition) is 1. The van der Waals surface area contributed by atoms with Crippen molar-refractivity contribution < 1.29 is 13.6 Å². The van der Waals surface area contributed by atoms with E-state index < -0.39 is 17.7 Å². The monoisotopic (exact) mass is 282 g/mol. The predicted molar refractivity (Wildman–Crippen MR) is 70.5 cm³/mol. The number of halogens is 3. The van der Waals surface area contributed by atoms with Crippen LogP contribution in [0.15, 0.2) is 42.5 Å². The van der Waals surface area contributed by atoms with Gasteiger partial charge >= 0.3 is 6.03 Å². The normalized spacial score (nSPS) is 10.1. The minimum atomic E-state index is -0.711. The van der Waals surface area contributed by atoms with Crippen molar-refractivity contribution in [2.24, 2.45) is 0 Å². The van der Waals surface area contributed by atoms with E-state index in [1.54, 1.807) is 0 Å². The summed E-state index contributed by atoms with van der Waals surface area (Å²) >= 11 is 5.76. The number of hydrogen-bond donors (Lipinski definition) is 2. The van der Waals surface area contributed by atoms with Crippen LogP contribution < -0.4 is 10.6 Å². The molecule has 0 saturated carbocycles. The molecule has 2 aromatic rings. The summed E-state index contributed by atoms with van der Waals surface area (Å²) in [5.41, 5.74) is 0.128. The summed E-state index contributed by atoms with van der Waals surface area (Å²) in [5.74, 6) is -1.14. The molecule has 0 heterocycles. The van der Waals surface area contributed by atoms with Crippen molar-refractivity contribution in [2.75, 3.05) is 10.6 Å². The lowest BCUT2D eigenvalue weighted by atomic mass is 10.3. The molecule has 0 fully saturated rings. The second-order valence-corrected chi connectivity index (χ2v) is 4.09. The van der Waals surface area contributed by atoms with Gasteiger partial charge in [-0.1, -0.05) is 23.7 Å². The molecule has 2 aromatic carbocycles. The maximum atomic E-state index is 13.4. The topological polar surface area (TPSA) is 41.1 Å². The lowest BCUT2D eigenvalue weighted by molar-refractivity contribution is 0.262. The van der Waals surface area contributed by atoms with E-state index in [-0.39, 0.29) is 16.4 Å². The minimum absolute atomic E-state index is 0.0781. The lowest BCUT2D eigenvalue weighted by Crippen LogP contribution is -2.20.